The molecule has 0 aromatic rings. The van der Waals surface area contributed by atoms with E-state index in [2.05, 4.69) is 10.6 Å². The lowest BCUT2D eigenvalue weighted by Gasteiger charge is -2.27. The Hall–Kier alpha value is -2.16. The summed E-state index contributed by atoms with van der Waals surface area (Å²) < 4.78 is 0. The average molecular weight is 372 g/mol. The van der Waals surface area contributed by atoms with Crippen LogP contribution in [0.4, 0.5) is 0 Å². The molecule has 0 aliphatic rings. The highest BCUT2D eigenvalue weighted by atomic mass is 16.4. The van der Waals surface area contributed by atoms with E-state index in [0.29, 0.717) is 12.8 Å². The van der Waals surface area contributed by atoms with E-state index in [1.54, 1.807) is 6.92 Å². The summed E-state index contributed by atoms with van der Waals surface area (Å²) in [5.74, 6) is -3.29. The molecule has 150 valence electrons. The molecule has 0 aromatic carbocycles. The van der Waals surface area contributed by atoms with Crippen LogP contribution >= 0.6 is 0 Å². The Bertz CT molecular complexity index is 511. The van der Waals surface area contributed by atoms with Gasteiger partial charge in [0, 0.05) is 6.42 Å². The van der Waals surface area contributed by atoms with E-state index in [-0.39, 0.29) is 24.7 Å². The fraction of sp³-hybridized carbons (Fsp3) is 0.765. The lowest BCUT2D eigenvalue weighted by molar-refractivity contribution is -0.142. The average Bonchev–Trinajstić information content (AvgIpc) is 2.59. The zero-order valence-corrected chi connectivity index (χ0v) is 16.0. The van der Waals surface area contributed by atoms with Gasteiger partial charge < -0.3 is 27.2 Å². The summed E-state index contributed by atoms with van der Waals surface area (Å²) in [7, 11) is 0. The zero-order valence-electron chi connectivity index (χ0n) is 16.0. The van der Waals surface area contributed by atoms with E-state index in [1.165, 1.54) is 0 Å². The van der Waals surface area contributed by atoms with Gasteiger partial charge in [0.15, 0.2) is 0 Å². The lowest BCUT2D eigenvalue weighted by Crippen LogP contribution is -2.57. The van der Waals surface area contributed by atoms with Gasteiger partial charge in [0.2, 0.25) is 17.7 Å². The summed E-state index contributed by atoms with van der Waals surface area (Å²) in [4.78, 5) is 47.0. The maximum absolute atomic E-state index is 12.6. The minimum Gasteiger partial charge on any atom is -0.480 e. The van der Waals surface area contributed by atoms with Crippen LogP contribution in [-0.4, -0.2) is 46.9 Å². The van der Waals surface area contributed by atoms with Crippen LogP contribution in [0.5, 0.6) is 0 Å². The van der Waals surface area contributed by atoms with Crippen LogP contribution in [0.2, 0.25) is 0 Å². The predicted octanol–water partition coefficient (Wildman–Crippen LogP) is -0.274. The first-order valence-electron chi connectivity index (χ1n) is 8.92. The number of carbonyl (C=O) groups excluding carboxylic acids is 3. The number of carboxylic acids is 1. The number of hydrogen-bond donors (Lipinski definition) is 5. The molecule has 9 heteroatoms. The molecule has 0 spiro atoms. The molecule has 0 saturated heterocycles. The van der Waals surface area contributed by atoms with Crippen molar-refractivity contribution in [2.24, 2.45) is 23.3 Å². The number of carboxylic acid groups (broad SMARTS) is 1. The highest BCUT2D eigenvalue weighted by Crippen LogP contribution is 2.11. The van der Waals surface area contributed by atoms with Crippen molar-refractivity contribution in [2.45, 2.75) is 71.5 Å². The van der Waals surface area contributed by atoms with Crippen LogP contribution < -0.4 is 22.1 Å². The standard InChI is InChI=1S/C17H32N4O5/c1-5-9(3)13(19)15(23)21-14(10(4)6-2)16(24)20-11(17(25)26)7-8-12(18)22/h9-11,13-14H,5-8,19H2,1-4H3,(H2,18,22)(H,20,24)(H,21,23)(H,25,26). The van der Waals surface area contributed by atoms with Crippen molar-refractivity contribution in [3.8, 4) is 0 Å². The molecule has 3 amide bonds. The summed E-state index contributed by atoms with van der Waals surface area (Å²) in [6.45, 7) is 7.38. The third-order valence-electron chi connectivity index (χ3n) is 4.65. The Kier molecular flexibility index (Phi) is 10.5. The van der Waals surface area contributed by atoms with Gasteiger partial charge in [0.1, 0.15) is 12.1 Å². The number of nitrogens with one attached hydrogen (secondary N) is 2. The van der Waals surface area contributed by atoms with Gasteiger partial charge in [-0.1, -0.05) is 40.5 Å². The second kappa shape index (κ2) is 11.5. The van der Waals surface area contributed by atoms with Gasteiger partial charge in [-0.2, -0.15) is 0 Å². The molecule has 0 heterocycles. The Balaban J connectivity index is 5.15. The van der Waals surface area contributed by atoms with Crippen molar-refractivity contribution in [1.29, 1.82) is 0 Å². The highest BCUT2D eigenvalue weighted by molar-refractivity contribution is 5.92. The van der Waals surface area contributed by atoms with E-state index in [4.69, 9.17) is 11.5 Å². The van der Waals surface area contributed by atoms with Crippen molar-refractivity contribution >= 4 is 23.7 Å². The Morgan fingerprint density at radius 2 is 1.50 bits per heavy atom. The maximum atomic E-state index is 12.6. The first-order valence-corrected chi connectivity index (χ1v) is 8.92. The van der Waals surface area contributed by atoms with Gasteiger partial charge in [0.25, 0.3) is 0 Å². The molecule has 0 saturated carbocycles. The smallest absolute Gasteiger partial charge is 0.326 e. The van der Waals surface area contributed by atoms with Crippen LogP contribution in [0.25, 0.3) is 0 Å². The number of nitrogens with two attached hydrogens (primary N) is 2. The summed E-state index contributed by atoms with van der Waals surface area (Å²) in [6, 6.07) is -2.94. The molecule has 0 aliphatic carbocycles. The number of amides is 3. The molecule has 0 radical (unpaired) electrons. The van der Waals surface area contributed by atoms with Crippen molar-refractivity contribution in [1.82, 2.24) is 10.6 Å². The molecule has 5 atom stereocenters. The van der Waals surface area contributed by atoms with E-state index >= 15 is 0 Å². The number of primary amides is 1. The summed E-state index contributed by atoms with van der Waals surface area (Å²) in [5, 5.41) is 14.2. The molecule has 0 rings (SSSR count). The second-order valence-electron chi connectivity index (χ2n) is 6.69. The van der Waals surface area contributed by atoms with Crippen LogP contribution in [0.1, 0.15) is 53.4 Å². The Labute approximate surface area is 154 Å². The molecular formula is C17H32N4O5. The quantitative estimate of drug-likeness (QED) is 0.316. The van der Waals surface area contributed by atoms with Gasteiger partial charge in [-0.3, -0.25) is 14.4 Å². The molecule has 0 bridgehead atoms. The van der Waals surface area contributed by atoms with Gasteiger partial charge in [-0.25, -0.2) is 4.79 Å². The zero-order chi connectivity index (χ0) is 20.4. The monoisotopic (exact) mass is 372 g/mol. The molecular weight excluding hydrogens is 340 g/mol. The number of aliphatic carboxylic acids is 1. The van der Waals surface area contributed by atoms with Crippen molar-refractivity contribution in [2.75, 3.05) is 0 Å². The molecule has 7 N–H and O–H groups in total. The van der Waals surface area contributed by atoms with Gasteiger partial charge in [-0.15, -0.1) is 0 Å². The topological polar surface area (TPSA) is 165 Å². The van der Waals surface area contributed by atoms with E-state index < -0.39 is 41.8 Å². The maximum Gasteiger partial charge on any atom is 0.326 e. The first-order chi connectivity index (χ1) is 12.0. The summed E-state index contributed by atoms with van der Waals surface area (Å²) >= 11 is 0. The first kappa shape index (κ1) is 23.8. The SMILES string of the molecule is CCC(C)C(N)C(=O)NC(C(=O)NC(CCC(N)=O)C(=O)O)C(C)CC. The lowest BCUT2D eigenvalue weighted by atomic mass is 9.95. The van der Waals surface area contributed by atoms with E-state index in [1.807, 2.05) is 20.8 Å². The fourth-order valence-corrected chi connectivity index (χ4v) is 2.27. The van der Waals surface area contributed by atoms with Gasteiger partial charge in [-0.05, 0) is 18.3 Å². The largest absolute Gasteiger partial charge is 0.480 e. The van der Waals surface area contributed by atoms with Crippen molar-refractivity contribution < 1.29 is 24.3 Å². The molecule has 5 unspecified atom stereocenters. The van der Waals surface area contributed by atoms with Crippen LogP contribution in [0, 0.1) is 11.8 Å². The van der Waals surface area contributed by atoms with Crippen molar-refractivity contribution in [3.05, 3.63) is 0 Å². The Morgan fingerprint density at radius 3 is 1.92 bits per heavy atom. The Morgan fingerprint density at radius 1 is 0.962 bits per heavy atom. The second-order valence-corrected chi connectivity index (χ2v) is 6.69. The summed E-state index contributed by atoms with van der Waals surface area (Å²) in [5.41, 5.74) is 10.9. The highest BCUT2D eigenvalue weighted by Gasteiger charge is 2.31. The third-order valence-corrected chi connectivity index (χ3v) is 4.65. The van der Waals surface area contributed by atoms with E-state index in [0.717, 1.165) is 0 Å². The molecule has 0 aromatic heterocycles. The number of hydrogen-bond acceptors (Lipinski definition) is 5. The molecule has 0 fully saturated rings. The number of rotatable bonds is 12. The summed E-state index contributed by atoms with van der Waals surface area (Å²) in [6.07, 6.45) is 1.01. The molecule has 26 heavy (non-hydrogen) atoms. The molecule has 9 nitrogen and oxygen atoms in total. The minimum absolute atomic E-state index is 0.0574. The minimum atomic E-state index is -1.27. The van der Waals surface area contributed by atoms with Crippen LogP contribution in [-0.2, 0) is 19.2 Å². The van der Waals surface area contributed by atoms with E-state index in [9.17, 15) is 24.3 Å². The van der Waals surface area contributed by atoms with Crippen LogP contribution in [0.15, 0.2) is 0 Å². The van der Waals surface area contributed by atoms with Crippen molar-refractivity contribution in [3.63, 3.8) is 0 Å². The molecule has 0 aliphatic heterocycles. The normalized spacial score (nSPS) is 16.7. The fourth-order valence-electron chi connectivity index (χ4n) is 2.27. The third kappa shape index (κ3) is 7.81. The number of carbonyl (C=O) groups is 4. The van der Waals surface area contributed by atoms with Crippen LogP contribution in [0.3, 0.4) is 0 Å². The predicted molar refractivity (Wildman–Crippen MR) is 96.8 cm³/mol. The van der Waals surface area contributed by atoms with Gasteiger partial charge >= 0.3 is 5.97 Å². The van der Waals surface area contributed by atoms with Gasteiger partial charge in [0.05, 0.1) is 6.04 Å².